The third-order valence-electron chi connectivity index (χ3n) is 3.47. The van der Waals surface area contributed by atoms with Gasteiger partial charge in [0.15, 0.2) is 0 Å². The lowest BCUT2D eigenvalue weighted by Gasteiger charge is -2.25. The van der Waals surface area contributed by atoms with Crippen LogP contribution in [0.2, 0.25) is 0 Å². The molecule has 0 amide bonds. The highest BCUT2D eigenvalue weighted by Crippen LogP contribution is 2.31. The third kappa shape index (κ3) is 4.80. The van der Waals surface area contributed by atoms with Crippen LogP contribution in [0.3, 0.4) is 0 Å². The van der Waals surface area contributed by atoms with E-state index in [0.717, 1.165) is 11.5 Å². The van der Waals surface area contributed by atoms with E-state index in [0.29, 0.717) is 6.54 Å². The molecule has 0 aliphatic heterocycles. The van der Waals surface area contributed by atoms with Crippen molar-refractivity contribution < 1.29 is 0 Å². The minimum atomic E-state index is 0.551. The molecule has 16 heavy (non-hydrogen) atoms. The number of hydrogen-bond acceptors (Lipinski definition) is 1. The van der Waals surface area contributed by atoms with Crippen LogP contribution in [-0.2, 0) is 0 Å². The SMILES string of the molecule is C=C(/C=C\C(=C/C)CCCC1CCC1)CN. The van der Waals surface area contributed by atoms with E-state index in [1.165, 1.54) is 44.1 Å². The topological polar surface area (TPSA) is 26.0 Å². The van der Waals surface area contributed by atoms with Crippen LogP contribution >= 0.6 is 0 Å². The molecule has 0 heterocycles. The molecule has 0 aromatic heterocycles. The maximum absolute atomic E-state index is 5.49. The van der Waals surface area contributed by atoms with Crippen molar-refractivity contribution in [3.05, 3.63) is 36.0 Å². The van der Waals surface area contributed by atoms with Crippen LogP contribution in [0.4, 0.5) is 0 Å². The summed E-state index contributed by atoms with van der Waals surface area (Å²) in [5.41, 5.74) is 7.90. The Bertz CT molecular complexity index is 269. The Labute approximate surface area is 100 Å². The van der Waals surface area contributed by atoms with Crippen LogP contribution < -0.4 is 5.73 Å². The molecule has 1 nitrogen and oxygen atoms in total. The average molecular weight is 219 g/mol. The normalized spacial score (nSPS) is 17.8. The second kappa shape index (κ2) is 7.45. The van der Waals surface area contributed by atoms with Crippen molar-refractivity contribution in [2.45, 2.75) is 45.4 Å². The first-order chi connectivity index (χ1) is 7.76. The molecule has 0 atom stereocenters. The smallest absolute Gasteiger partial charge is 0.0172 e. The summed E-state index contributed by atoms with van der Waals surface area (Å²) in [7, 11) is 0. The molecule has 0 aromatic rings. The van der Waals surface area contributed by atoms with Gasteiger partial charge in [-0.05, 0) is 31.3 Å². The molecule has 1 aliphatic rings. The van der Waals surface area contributed by atoms with Crippen LogP contribution in [0.1, 0.15) is 45.4 Å². The zero-order valence-electron chi connectivity index (χ0n) is 10.5. The molecule has 0 unspecified atom stereocenters. The van der Waals surface area contributed by atoms with E-state index >= 15 is 0 Å². The van der Waals surface area contributed by atoms with Gasteiger partial charge < -0.3 is 5.73 Å². The zero-order valence-corrected chi connectivity index (χ0v) is 10.5. The Kier molecular flexibility index (Phi) is 6.17. The summed E-state index contributed by atoms with van der Waals surface area (Å²) in [6.07, 6.45) is 14.7. The van der Waals surface area contributed by atoms with Crippen LogP contribution in [0.5, 0.6) is 0 Å². The van der Waals surface area contributed by atoms with Crippen molar-refractivity contribution in [2.24, 2.45) is 11.7 Å². The molecule has 1 fully saturated rings. The van der Waals surface area contributed by atoms with Gasteiger partial charge in [-0.2, -0.15) is 0 Å². The minimum absolute atomic E-state index is 0.551. The quantitative estimate of drug-likeness (QED) is 0.644. The molecule has 0 spiro atoms. The van der Waals surface area contributed by atoms with Gasteiger partial charge in [-0.15, -0.1) is 0 Å². The van der Waals surface area contributed by atoms with E-state index in [4.69, 9.17) is 5.73 Å². The number of hydrogen-bond donors (Lipinski definition) is 1. The molecule has 0 bridgehead atoms. The molecule has 0 saturated heterocycles. The molecule has 0 radical (unpaired) electrons. The van der Waals surface area contributed by atoms with Crippen molar-refractivity contribution in [2.75, 3.05) is 6.54 Å². The predicted molar refractivity (Wildman–Crippen MR) is 72.3 cm³/mol. The van der Waals surface area contributed by atoms with Gasteiger partial charge in [0, 0.05) is 6.54 Å². The van der Waals surface area contributed by atoms with E-state index in [2.05, 4.69) is 25.7 Å². The van der Waals surface area contributed by atoms with Crippen molar-refractivity contribution in [3.8, 4) is 0 Å². The van der Waals surface area contributed by atoms with E-state index in [1.54, 1.807) is 0 Å². The van der Waals surface area contributed by atoms with Crippen LogP contribution in [-0.4, -0.2) is 6.54 Å². The van der Waals surface area contributed by atoms with Gasteiger partial charge in [0.2, 0.25) is 0 Å². The summed E-state index contributed by atoms with van der Waals surface area (Å²) >= 11 is 0. The maximum Gasteiger partial charge on any atom is 0.0172 e. The van der Waals surface area contributed by atoms with E-state index < -0.39 is 0 Å². The zero-order chi connectivity index (χ0) is 11.8. The molecule has 0 aromatic carbocycles. The van der Waals surface area contributed by atoms with Crippen molar-refractivity contribution in [1.82, 2.24) is 0 Å². The fourth-order valence-electron chi connectivity index (χ4n) is 1.99. The van der Waals surface area contributed by atoms with Gasteiger partial charge in [-0.1, -0.05) is 56.1 Å². The lowest BCUT2D eigenvalue weighted by atomic mass is 9.81. The fraction of sp³-hybridized carbons (Fsp3) is 0.600. The van der Waals surface area contributed by atoms with Crippen molar-refractivity contribution in [3.63, 3.8) is 0 Å². The Balaban J connectivity index is 2.20. The third-order valence-corrected chi connectivity index (χ3v) is 3.47. The predicted octanol–water partition coefficient (Wildman–Crippen LogP) is 3.97. The summed E-state index contributed by atoms with van der Waals surface area (Å²) in [5.74, 6) is 1.03. The molecular weight excluding hydrogens is 194 g/mol. The molecular formula is C15H25N. The van der Waals surface area contributed by atoms with Crippen LogP contribution in [0, 0.1) is 5.92 Å². The van der Waals surface area contributed by atoms with Gasteiger partial charge in [-0.25, -0.2) is 0 Å². The van der Waals surface area contributed by atoms with Crippen molar-refractivity contribution in [1.29, 1.82) is 0 Å². The van der Waals surface area contributed by atoms with E-state index in [9.17, 15) is 0 Å². The van der Waals surface area contributed by atoms with E-state index in [-0.39, 0.29) is 0 Å². The summed E-state index contributed by atoms with van der Waals surface area (Å²) in [6.45, 7) is 6.53. The molecule has 90 valence electrons. The van der Waals surface area contributed by atoms with Gasteiger partial charge in [0.25, 0.3) is 0 Å². The van der Waals surface area contributed by atoms with Gasteiger partial charge in [0.1, 0.15) is 0 Å². The Hall–Kier alpha value is -0.820. The number of nitrogens with two attached hydrogens (primary N) is 1. The molecule has 1 saturated carbocycles. The maximum atomic E-state index is 5.49. The molecule has 1 aliphatic carbocycles. The minimum Gasteiger partial charge on any atom is -0.327 e. The summed E-state index contributed by atoms with van der Waals surface area (Å²) in [5, 5.41) is 0. The summed E-state index contributed by atoms with van der Waals surface area (Å²) in [6, 6.07) is 0. The first-order valence-corrected chi connectivity index (χ1v) is 6.47. The Morgan fingerprint density at radius 3 is 2.62 bits per heavy atom. The Morgan fingerprint density at radius 1 is 1.38 bits per heavy atom. The largest absolute Gasteiger partial charge is 0.327 e. The monoisotopic (exact) mass is 219 g/mol. The van der Waals surface area contributed by atoms with Gasteiger partial charge in [0.05, 0.1) is 0 Å². The van der Waals surface area contributed by atoms with Crippen LogP contribution in [0.25, 0.3) is 0 Å². The molecule has 2 N–H and O–H groups in total. The highest BCUT2D eigenvalue weighted by molar-refractivity contribution is 5.26. The fourth-order valence-corrected chi connectivity index (χ4v) is 1.99. The Morgan fingerprint density at radius 2 is 2.12 bits per heavy atom. The second-order valence-corrected chi connectivity index (χ2v) is 4.75. The first-order valence-electron chi connectivity index (χ1n) is 6.47. The van der Waals surface area contributed by atoms with Gasteiger partial charge in [-0.3, -0.25) is 0 Å². The average Bonchev–Trinajstić information content (AvgIpc) is 2.25. The van der Waals surface area contributed by atoms with E-state index in [1.807, 2.05) is 6.08 Å². The second-order valence-electron chi connectivity index (χ2n) is 4.75. The first kappa shape index (κ1) is 13.2. The summed E-state index contributed by atoms with van der Waals surface area (Å²) < 4.78 is 0. The summed E-state index contributed by atoms with van der Waals surface area (Å²) in [4.78, 5) is 0. The lowest BCUT2D eigenvalue weighted by molar-refractivity contribution is 0.290. The van der Waals surface area contributed by atoms with Gasteiger partial charge >= 0.3 is 0 Å². The molecule has 1 rings (SSSR count). The standard InChI is InChI=1S/C15H25N/c1-3-14(11-10-13(2)12-16)6-4-7-15-8-5-9-15/h3,10-11,15H,2,4-9,12,16H2,1H3/b11-10-,14-3-. The van der Waals surface area contributed by atoms with Crippen LogP contribution in [0.15, 0.2) is 36.0 Å². The lowest BCUT2D eigenvalue weighted by Crippen LogP contribution is -2.10. The molecule has 1 heteroatoms. The highest BCUT2D eigenvalue weighted by atomic mass is 14.5. The number of allylic oxidation sites excluding steroid dienone is 3. The number of rotatable bonds is 7. The highest BCUT2D eigenvalue weighted by Gasteiger charge is 2.16. The van der Waals surface area contributed by atoms with Crippen molar-refractivity contribution >= 4 is 0 Å².